The number of fused-ring (bicyclic) bond motifs is 1. The lowest BCUT2D eigenvalue weighted by atomic mass is 10.1. The van der Waals surface area contributed by atoms with Gasteiger partial charge in [0.15, 0.2) is 11.5 Å². The molecule has 0 spiro atoms. The molecular formula is C21H22N2O5. The van der Waals surface area contributed by atoms with Crippen LogP contribution >= 0.6 is 0 Å². The largest absolute Gasteiger partial charge is 0.463 e. The first-order valence-corrected chi connectivity index (χ1v) is 9.02. The molecule has 0 aromatic heterocycles. The molecule has 2 N–H and O–H groups in total. The van der Waals surface area contributed by atoms with Gasteiger partial charge >= 0.3 is 12.0 Å². The summed E-state index contributed by atoms with van der Waals surface area (Å²) in [6.07, 6.45) is 3.71. The predicted molar refractivity (Wildman–Crippen MR) is 105 cm³/mol. The molecule has 0 radical (unpaired) electrons. The van der Waals surface area contributed by atoms with Gasteiger partial charge in [0, 0.05) is 18.3 Å². The fourth-order valence-corrected chi connectivity index (χ4v) is 2.62. The molecular weight excluding hydrogens is 360 g/mol. The Hall–Kier alpha value is -3.48. The zero-order valence-electron chi connectivity index (χ0n) is 15.6. The van der Waals surface area contributed by atoms with Gasteiger partial charge in [0.05, 0.1) is 6.61 Å². The van der Waals surface area contributed by atoms with Crippen molar-refractivity contribution in [1.82, 2.24) is 5.32 Å². The molecule has 2 aromatic carbocycles. The van der Waals surface area contributed by atoms with Crippen LogP contribution in [0.25, 0.3) is 6.08 Å². The van der Waals surface area contributed by atoms with Crippen molar-refractivity contribution in [3.63, 3.8) is 0 Å². The number of hydrogen-bond acceptors (Lipinski definition) is 5. The number of amides is 2. The van der Waals surface area contributed by atoms with E-state index in [9.17, 15) is 9.59 Å². The Balaban J connectivity index is 1.42. The molecule has 7 nitrogen and oxygen atoms in total. The van der Waals surface area contributed by atoms with Crippen molar-refractivity contribution in [2.45, 2.75) is 13.3 Å². The first-order valence-electron chi connectivity index (χ1n) is 9.02. The van der Waals surface area contributed by atoms with Gasteiger partial charge in [0.1, 0.15) is 0 Å². The maximum absolute atomic E-state index is 12.0. The number of anilines is 1. The topological polar surface area (TPSA) is 85.9 Å². The van der Waals surface area contributed by atoms with E-state index in [0.29, 0.717) is 25.3 Å². The van der Waals surface area contributed by atoms with E-state index in [1.54, 1.807) is 37.3 Å². The summed E-state index contributed by atoms with van der Waals surface area (Å²) in [6, 6.07) is 12.6. The second-order valence-corrected chi connectivity index (χ2v) is 6.03. The predicted octanol–water partition coefficient (Wildman–Crippen LogP) is 3.36. The molecule has 1 heterocycles. The molecule has 0 aliphatic carbocycles. The molecule has 0 bridgehead atoms. The number of nitrogens with one attached hydrogen (secondary N) is 2. The number of benzene rings is 2. The van der Waals surface area contributed by atoms with Crippen LogP contribution < -0.4 is 20.1 Å². The number of urea groups is 1. The number of carbonyl (C=O) groups excluding carboxylic acids is 2. The van der Waals surface area contributed by atoms with Gasteiger partial charge in [-0.15, -0.1) is 0 Å². The lowest BCUT2D eigenvalue weighted by Crippen LogP contribution is -2.30. The quantitative estimate of drug-likeness (QED) is 0.567. The second kappa shape index (κ2) is 9.45. The summed E-state index contributed by atoms with van der Waals surface area (Å²) < 4.78 is 15.5. The van der Waals surface area contributed by atoms with E-state index in [4.69, 9.17) is 14.2 Å². The molecule has 2 amide bonds. The summed E-state index contributed by atoms with van der Waals surface area (Å²) in [5.74, 6) is 1.10. The van der Waals surface area contributed by atoms with Crippen molar-refractivity contribution in [3.05, 3.63) is 59.7 Å². The van der Waals surface area contributed by atoms with E-state index >= 15 is 0 Å². The van der Waals surface area contributed by atoms with Gasteiger partial charge in [0.25, 0.3) is 0 Å². The highest BCUT2D eigenvalue weighted by atomic mass is 16.7. The Bertz CT molecular complexity index is 862. The van der Waals surface area contributed by atoms with Gasteiger partial charge in [-0.1, -0.05) is 18.2 Å². The van der Waals surface area contributed by atoms with E-state index in [1.165, 1.54) is 6.08 Å². The van der Waals surface area contributed by atoms with Crippen molar-refractivity contribution >= 4 is 23.8 Å². The number of esters is 1. The maximum Gasteiger partial charge on any atom is 0.330 e. The van der Waals surface area contributed by atoms with Crippen LogP contribution in [0.1, 0.15) is 18.1 Å². The van der Waals surface area contributed by atoms with Crippen molar-refractivity contribution in [2.24, 2.45) is 0 Å². The lowest BCUT2D eigenvalue weighted by Gasteiger charge is -2.08. The fraction of sp³-hybridized carbons (Fsp3) is 0.238. The molecule has 146 valence electrons. The highest BCUT2D eigenvalue weighted by Gasteiger charge is 2.13. The van der Waals surface area contributed by atoms with E-state index in [1.807, 2.05) is 18.2 Å². The van der Waals surface area contributed by atoms with Gasteiger partial charge in [-0.25, -0.2) is 9.59 Å². The van der Waals surface area contributed by atoms with E-state index in [2.05, 4.69) is 10.6 Å². The number of hydrogen-bond donors (Lipinski definition) is 2. The smallest absolute Gasteiger partial charge is 0.330 e. The summed E-state index contributed by atoms with van der Waals surface area (Å²) in [5.41, 5.74) is 2.55. The van der Waals surface area contributed by atoms with E-state index in [0.717, 1.165) is 22.6 Å². The molecule has 1 aliphatic rings. The molecule has 0 saturated heterocycles. The van der Waals surface area contributed by atoms with Crippen LogP contribution in [0.15, 0.2) is 48.5 Å². The van der Waals surface area contributed by atoms with Gasteiger partial charge in [0.2, 0.25) is 6.79 Å². The van der Waals surface area contributed by atoms with Crippen LogP contribution in [0.5, 0.6) is 11.5 Å². The fourth-order valence-electron chi connectivity index (χ4n) is 2.62. The summed E-state index contributed by atoms with van der Waals surface area (Å²) in [4.78, 5) is 23.3. The monoisotopic (exact) mass is 382 g/mol. The molecule has 28 heavy (non-hydrogen) atoms. The van der Waals surface area contributed by atoms with Crippen LogP contribution in [0, 0.1) is 0 Å². The van der Waals surface area contributed by atoms with Crippen LogP contribution in [0.3, 0.4) is 0 Å². The standard InChI is InChI=1S/C21H22N2O5/c1-2-26-20(24)10-6-15-3-7-17(8-4-15)23-21(25)22-12-11-16-5-9-18-19(13-16)28-14-27-18/h3-10,13H,2,11-12,14H2,1H3,(H2,22,23,25). The first kappa shape index (κ1) is 19.3. The van der Waals surface area contributed by atoms with Gasteiger partial charge in [-0.05, 0) is 54.8 Å². The Morgan fingerprint density at radius 1 is 1.11 bits per heavy atom. The molecule has 7 heteroatoms. The molecule has 0 fully saturated rings. The molecule has 0 unspecified atom stereocenters. The number of rotatable bonds is 7. The molecule has 3 rings (SSSR count). The third kappa shape index (κ3) is 5.51. The molecule has 0 atom stereocenters. The Labute approximate surface area is 163 Å². The highest BCUT2D eigenvalue weighted by Crippen LogP contribution is 2.32. The zero-order valence-corrected chi connectivity index (χ0v) is 15.6. The summed E-state index contributed by atoms with van der Waals surface area (Å²) in [6.45, 7) is 2.84. The molecule has 2 aromatic rings. The molecule has 1 aliphatic heterocycles. The molecule has 0 saturated carbocycles. The normalized spacial score (nSPS) is 12.0. The van der Waals surface area contributed by atoms with Crippen LogP contribution in [-0.4, -0.2) is 31.9 Å². The minimum absolute atomic E-state index is 0.247. The van der Waals surface area contributed by atoms with Crippen molar-refractivity contribution < 1.29 is 23.8 Å². The minimum atomic E-state index is -0.383. The van der Waals surface area contributed by atoms with Crippen molar-refractivity contribution in [1.29, 1.82) is 0 Å². The average Bonchev–Trinajstić information content (AvgIpc) is 3.15. The summed E-state index contributed by atoms with van der Waals surface area (Å²) in [7, 11) is 0. The van der Waals surface area contributed by atoms with Gasteiger partial charge in [-0.3, -0.25) is 0 Å². The summed E-state index contributed by atoms with van der Waals surface area (Å²) >= 11 is 0. The third-order valence-electron chi connectivity index (χ3n) is 4.00. The average molecular weight is 382 g/mol. The van der Waals surface area contributed by atoms with Crippen molar-refractivity contribution in [2.75, 3.05) is 25.3 Å². The van der Waals surface area contributed by atoms with Crippen LogP contribution in [0.2, 0.25) is 0 Å². The Kier molecular flexibility index (Phi) is 6.51. The summed E-state index contributed by atoms with van der Waals surface area (Å²) in [5, 5.41) is 5.59. The maximum atomic E-state index is 12.0. The van der Waals surface area contributed by atoms with Crippen molar-refractivity contribution in [3.8, 4) is 11.5 Å². The first-order chi connectivity index (χ1) is 13.6. The Morgan fingerprint density at radius 2 is 1.89 bits per heavy atom. The minimum Gasteiger partial charge on any atom is -0.463 e. The highest BCUT2D eigenvalue weighted by molar-refractivity contribution is 5.90. The van der Waals surface area contributed by atoms with Crippen LogP contribution in [-0.2, 0) is 16.0 Å². The lowest BCUT2D eigenvalue weighted by molar-refractivity contribution is -0.137. The zero-order chi connectivity index (χ0) is 19.8. The second-order valence-electron chi connectivity index (χ2n) is 6.03. The number of carbonyl (C=O) groups is 2. The van der Waals surface area contributed by atoms with E-state index in [-0.39, 0.29) is 18.8 Å². The van der Waals surface area contributed by atoms with Gasteiger partial charge < -0.3 is 24.8 Å². The van der Waals surface area contributed by atoms with E-state index < -0.39 is 0 Å². The third-order valence-corrected chi connectivity index (χ3v) is 4.00. The SMILES string of the molecule is CCOC(=O)C=Cc1ccc(NC(=O)NCCc2ccc3c(c2)OCO3)cc1. The Morgan fingerprint density at radius 3 is 2.68 bits per heavy atom. The van der Waals surface area contributed by atoms with Gasteiger partial charge in [-0.2, -0.15) is 0 Å². The number of ether oxygens (including phenoxy) is 3. The van der Waals surface area contributed by atoms with Crippen LogP contribution in [0.4, 0.5) is 10.5 Å².